The van der Waals surface area contributed by atoms with Gasteiger partial charge in [0.1, 0.15) is 5.01 Å². The largest absolute Gasteiger partial charge is 0.493 e. The Balaban J connectivity index is 2.13. The molecule has 2 aromatic rings. The fourth-order valence-electron chi connectivity index (χ4n) is 1.72. The quantitative estimate of drug-likeness (QED) is 0.874. The molecule has 1 aromatic heterocycles. The number of anilines is 1. The Hall–Kier alpha value is -1.67. The third-order valence-corrected chi connectivity index (χ3v) is 4.17. The molecule has 8 heteroatoms. The van der Waals surface area contributed by atoms with Crippen molar-refractivity contribution in [1.82, 2.24) is 10.2 Å². The molecular weight excluding hydrogens is 358 g/mol. The summed E-state index contributed by atoms with van der Waals surface area (Å²) in [6.07, 6.45) is 0.194. The van der Waals surface area contributed by atoms with Crippen molar-refractivity contribution in [3.05, 3.63) is 27.2 Å². The number of halogens is 1. The second-order valence-electron chi connectivity index (χ2n) is 4.15. The third-order valence-electron chi connectivity index (χ3n) is 2.68. The zero-order valence-corrected chi connectivity index (χ0v) is 14.2. The lowest BCUT2D eigenvalue weighted by Gasteiger charge is -2.11. The molecule has 0 aliphatic carbocycles. The van der Waals surface area contributed by atoms with Crippen LogP contribution in [0.1, 0.15) is 10.6 Å². The van der Waals surface area contributed by atoms with E-state index >= 15 is 0 Å². The van der Waals surface area contributed by atoms with Crippen LogP contribution < -0.4 is 14.8 Å². The van der Waals surface area contributed by atoms with Crippen LogP contribution in [0.5, 0.6) is 11.5 Å². The highest BCUT2D eigenvalue weighted by Crippen LogP contribution is 2.33. The summed E-state index contributed by atoms with van der Waals surface area (Å²) in [6, 6.07) is 3.55. The van der Waals surface area contributed by atoms with E-state index in [-0.39, 0.29) is 12.3 Å². The minimum atomic E-state index is -0.168. The average Bonchev–Trinajstić information content (AvgIpc) is 2.85. The number of ether oxygens (including phenoxy) is 2. The molecule has 0 aliphatic rings. The number of nitrogens with zero attached hydrogens (tertiary/aromatic N) is 2. The van der Waals surface area contributed by atoms with Crippen molar-refractivity contribution in [2.75, 3.05) is 19.5 Å². The van der Waals surface area contributed by atoms with Gasteiger partial charge >= 0.3 is 0 Å². The van der Waals surface area contributed by atoms with Gasteiger partial charge in [-0.05, 0) is 24.6 Å². The second kappa shape index (κ2) is 6.86. The van der Waals surface area contributed by atoms with Crippen molar-refractivity contribution in [1.29, 1.82) is 0 Å². The number of hydrogen-bond acceptors (Lipinski definition) is 6. The number of aromatic nitrogens is 2. The predicted molar refractivity (Wildman–Crippen MR) is 84.2 cm³/mol. The number of rotatable bonds is 5. The molecule has 0 spiro atoms. The maximum atomic E-state index is 12.0. The van der Waals surface area contributed by atoms with Gasteiger partial charge in [0.15, 0.2) is 11.5 Å². The van der Waals surface area contributed by atoms with Crippen molar-refractivity contribution in [2.24, 2.45) is 0 Å². The standard InChI is InChI=1S/C13H14BrN3O3S/c1-7-16-17-13(21-7)15-12(18)5-8-4-10(19-2)11(20-3)6-9(8)14/h4,6H,5H2,1-3H3,(H,15,17,18). The van der Waals surface area contributed by atoms with Crippen molar-refractivity contribution < 1.29 is 14.3 Å². The molecule has 0 saturated carbocycles. The van der Waals surface area contributed by atoms with E-state index in [1.165, 1.54) is 11.3 Å². The Labute approximate surface area is 134 Å². The topological polar surface area (TPSA) is 73.3 Å². The first-order valence-corrected chi connectivity index (χ1v) is 7.64. The van der Waals surface area contributed by atoms with Crippen LogP contribution in [-0.4, -0.2) is 30.3 Å². The van der Waals surface area contributed by atoms with E-state index in [9.17, 15) is 4.79 Å². The summed E-state index contributed by atoms with van der Waals surface area (Å²) in [6.45, 7) is 1.83. The van der Waals surface area contributed by atoms with Crippen molar-refractivity contribution in [3.63, 3.8) is 0 Å². The number of nitrogens with one attached hydrogen (secondary N) is 1. The van der Waals surface area contributed by atoms with Gasteiger partial charge in [0.2, 0.25) is 11.0 Å². The van der Waals surface area contributed by atoms with E-state index < -0.39 is 0 Å². The van der Waals surface area contributed by atoms with Gasteiger partial charge in [0.05, 0.1) is 20.6 Å². The lowest BCUT2D eigenvalue weighted by Crippen LogP contribution is -2.14. The monoisotopic (exact) mass is 371 g/mol. The number of benzene rings is 1. The SMILES string of the molecule is COc1cc(Br)c(CC(=O)Nc2nnc(C)s2)cc1OC. The molecule has 0 radical (unpaired) electrons. The number of hydrogen-bond donors (Lipinski definition) is 1. The summed E-state index contributed by atoms with van der Waals surface area (Å²) in [5.74, 6) is 1.02. The summed E-state index contributed by atoms with van der Waals surface area (Å²) >= 11 is 4.76. The first-order chi connectivity index (χ1) is 10.0. The van der Waals surface area contributed by atoms with E-state index in [0.29, 0.717) is 16.6 Å². The van der Waals surface area contributed by atoms with Crippen LogP contribution in [0.15, 0.2) is 16.6 Å². The Morgan fingerprint density at radius 3 is 2.52 bits per heavy atom. The van der Waals surface area contributed by atoms with Crippen LogP contribution in [0.25, 0.3) is 0 Å². The van der Waals surface area contributed by atoms with E-state index in [1.54, 1.807) is 26.4 Å². The van der Waals surface area contributed by atoms with Crippen molar-refractivity contribution >= 4 is 38.3 Å². The van der Waals surface area contributed by atoms with Crippen LogP contribution >= 0.6 is 27.3 Å². The Kier molecular flexibility index (Phi) is 5.13. The van der Waals surface area contributed by atoms with E-state index in [0.717, 1.165) is 15.0 Å². The Bertz CT molecular complexity index is 660. The molecule has 6 nitrogen and oxygen atoms in total. The van der Waals surface area contributed by atoms with Gasteiger partial charge in [0, 0.05) is 4.47 Å². The van der Waals surface area contributed by atoms with Crippen LogP contribution in [0, 0.1) is 6.92 Å². The highest BCUT2D eigenvalue weighted by Gasteiger charge is 2.14. The van der Waals surface area contributed by atoms with Gasteiger partial charge in [-0.25, -0.2) is 0 Å². The minimum absolute atomic E-state index is 0.168. The predicted octanol–water partition coefficient (Wildman–Crippen LogP) is 2.81. The van der Waals surface area contributed by atoms with E-state index in [4.69, 9.17) is 9.47 Å². The summed E-state index contributed by atoms with van der Waals surface area (Å²) in [5.41, 5.74) is 0.798. The molecule has 1 aromatic carbocycles. The fourth-order valence-corrected chi connectivity index (χ4v) is 2.79. The Morgan fingerprint density at radius 2 is 1.95 bits per heavy atom. The van der Waals surface area contributed by atoms with Crippen molar-refractivity contribution in [2.45, 2.75) is 13.3 Å². The average molecular weight is 372 g/mol. The van der Waals surface area contributed by atoms with E-state index in [2.05, 4.69) is 31.4 Å². The van der Waals surface area contributed by atoms with Gasteiger partial charge < -0.3 is 14.8 Å². The third kappa shape index (κ3) is 3.92. The number of methoxy groups -OCH3 is 2. The van der Waals surface area contributed by atoms with Crippen LogP contribution in [0.3, 0.4) is 0 Å². The highest BCUT2D eigenvalue weighted by molar-refractivity contribution is 9.10. The zero-order valence-electron chi connectivity index (χ0n) is 11.8. The van der Waals surface area contributed by atoms with Gasteiger partial charge in [-0.3, -0.25) is 4.79 Å². The minimum Gasteiger partial charge on any atom is -0.493 e. The maximum Gasteiger partial charge on any atom is 0.230 e. The normalized spacial score (nSPS) is 10.3. The van der Waals surface area contributed by atoms with Gasteiger partial charge in [-0.1, -0.05) is 27.3 Å². The number of carbonyl (C=O) groups is 1. The zero-order chi connectivity index (χ0) is 15.4. The summed E-state index contributed by atoms with van der Waals surface area (Å²) in [7, 11) is 3.12. The van der Waals surface area contributed by atoms with Crippen LogP contribution in [0.4, 0.5) is 5.13 Å². The van der Waals surface area contributed by atoms with Gasteiger partial charge in [0.25, 0.3) is 0 Å². The van der Waals surface area contributed by atoms with E-state index in [1.807, 2.05) is 6.92 Å². The van der Waals surface area contributed by atoms with Crippen molar-refractivity contribution in [3.8, 4) is 11.5 Å². The molecule has 0 unspecified atom stereocenters. The maximum absolute atomic E-state index is 12.0. The molecular formula is C13H14BrN3O3S. The Morgan fingerprint density at radius 1 is 1.29 bits per heavy atom. The molecule has 1 amide bonds. The summed E-state index contributed by atoms with van der Waals surface area (Å²) in [5, 5.41) is 11.7. The lowest BCUT2D eigenvalue weighted by atomic mass is 10.1. The molecule has 0 atom stereocenters. The van der Waals surface area contributed by atoms with Crippen LogP contribution in [0.2, 0.25) is 0 Å². The molecule has 112 valence electrons. The molecule has 0 saturated heterocycles. The summed E-state index contributed by atoms with van der Waals surface area (Å²) in [4.78, 5) is 12.0. The first-order valence-electron chi connectivity index (χ1n) is 6.04. The molecule has 1 N–H and O–H groups in total. The van der Waals surface area contributed by atoms with Gasteiger partial charge in [-0.2, -0.15) is 0 Å². The van der Waals surface area contributed by atoms with Crippen LogP contribution in [-0.2, 0) is 11.2 Å². The highest BCUT2D eigenvalue weighted by atomic mass is 79.9. The molecule has 0 bridgehead atoms. The number of aryl methyl sites for hydroxylation is 1. The summed E-state index contributed by atoms with van der Waals surface area (Å²) < 4.78 is 11.2. The molecule has 2 rings (SSSR count). The molecule has 0 fully saturated rings. The second-order valence-corrected chi connectivity index (χ2v) is 6.19. The first kappa shape index (κ1) is 15.7. The molecule has 21 heavy (non-hydrogen) atoms. The number of amides is 1. The smallest absolute Gasteiger partial charge is 0.230 e. The number of carbonyl (C=O) groups excluding carboxylic acids is 1. The van der Waals surface area contributed by atoms with Gasteiger partial charge in [-0.15, -0.1) is 10.2 Å². The fraction of sp³-hybridized carbons (Fsp3) is 0.308. The molecule has 1 heterocycles. The molecule has 0 aliphatic heterocycles. The lowest BCUT2D eigenvalue weighted by molar-refractivity contribution is -0.115.